The van der Waals surface area contributed by atoms with Gasteiger partial charge in [0.05, 0.1) is 6.54 Å². The van der Waals surface area contributed by atoms with Crippen molar-refractivity contribution in [2.75, 3.05) is 11.9 Å². The number of pyridine rings is 2. The molecule has 6 rings (SSSR count). The minimum atomic E-state index is -4.21. The molecule has 274 valence electrons. The number of hydrogen-bond acceptors (Lipinski definition) is 5. The fourth-order valence-electron chi connectivity index (χ4n) is 6.76. The van der Waals surface area contributed by atoms with E-state index in [0.717, 1.165) is 82.7 Å². The Morgan fingerprint density at radius 2 is 1.38 bits per heavy atom. The van der Waals surface area contributed by atoms with Crippen LogP contribution in [0.5, 0.6) is 0 Å². The zero-order chi connectivity index (χ0) is 37.2. The Hall–Kier alpha value is -4.51. The predicted molar refractivity (Wildman–Crippen MR) is 191 cm³/mol. The third kappa shape index (κ3) is 9.47. The number of carbonyl (C=O) groups is 2. The van der Waals surface area contributed by atoms with Gasteiger partial charge in [0, 0.05) is 44.4 Å². The second-order valence-electron chi connectivity index (χ2n) is 14.3. The monoisotopic (exact) mass is 718 g/mol. The summed E-state index contributed by atoms with van der Waals surface area (Å²) in [6.45, 7) is 4.57. The van der Waals surface area contributed by atoms with Crippen LogP contribution >= 0.6 is 0 Å². The minimum absolute atomic E-state index is 0.0207. The highest BCUT2D eigenvalue weighted by atomic mass is 19.4. The second-order valence-corrected chi connectivity index (χ2v) is 14.3. The number of aryl methyl sites for hydroxylation is 1. The Morgan fingerprint density at radius 3 is 2.04 bits per heavy atom. The lowest BCUT2D eigenvalue weighted by Crippen LogP contribution is -2.29. The highest BCUT2D eigenvalue weighted by Crippen LogP contribution is 2.43. The van der Waals surface area contributed by atoms with E-state index in [9.17, 15) is 31.5 Å². The summed E-state index contributed by atoms with van der Waals surface area (Å²) in [7, 11) is 0. The highest BCUT2D eigenvalue weighted by Gasteiger charge is 2.30. The molecule has 0 atom stereocenters. The Kier molecular flexibility index (Phi) is 10.9. The molecule has 52 heavy (non-hydrogen) atoms. The molecule has 2 heterocycles. The van der Waals surface area contributed by atoms with Gasteiger partial charge in [-0.05, 0) is 132 Å². The van der Waals surface area contributed by atoms with Crippen molar-refractivity contribution < 1.29 is 31.5 Å². The molecule has 2 aromatic heterocycles. The fraction of sp³-hybridized carbons (Fsp3) is 0.415. The molecule has 2 saturated carbocycles. The fourth-order valence-corrected chi connectivity index (χ4v) is 6.76. The maximum Gasteiger partial charge on any atom is 0.389 e. The van der Waals surface area contributed by atoms with E-state index >= 15 is 0 Å². The molecule has 2 aliphatic rings. The van der Waals surface area contributed by atoms with Gasteiger partial charge in [0.2, 0.25) is 0 Å². The largest absolute Gasteiger partial charge is 0.389 e. The number of rotatable bonds is 15. The lowest BCUT2D eigenvalue weighted by atomic mass is 9.90. The maximum absolute atomic E-state index is 13.5. The van der Waals surface area contributed by atoms with Crippen LogP contribution in [0.4, 0.5) is 27.6 Å². The molecule has 0 spiro atoms. The van der Waals surface area contributed by atoms with E-state index in [0.29, 0.717) is 17.3 Å². The van der Waals surface area contributed by atoms with Crippen molar-refractivity contribution in [2.45, 2.75) is 103 Å². The van der Waals surface area contributed by atoms with E-state index in [1.807, 2.05) is 56.3 Å². The first kappa shape index (κ1) is 37.3. The lowest BCUT2D eigenvalue weighted by molar-refractivity contribution is -0.135. The Balaban J connectivity index is 1.16. The number of carbonyl (C=O) groups excluding carboxylic acids is 2. The first-order chi connectivity index (χ1) is 24.7. The molecule has 2 aromatic carbocycles. The molecule has 2 fully saturated rings. The van der Waals surface area contributed by atoms with Gasteiger partial charge in [-0.25, -0.2) is 8.78 Å². The number of nitrogens with zero attached hydrogens (tertiary/aromatic N) is 2. The number of alkyl halides is 5. The van der Waals surface area contributed by atoms with Crippen LogP contribution in [0, 0.1) is 13.8 Å². The summed E-state index contributed by atoms with van der Waals surface area (Å²) in [4.78, 5) is 35.7. The molecular formula is C41H43F5N4O2. The van der Waals surface area contributed by atoms with Crippen LogP contribution in [0.2, 0.25) is 0 Å². The van der Waals surface area contributed by atoms with E-state index in [2.05, 4.69) is 20.6 Å². The molecule has 0 saturated heterocycles. The third-order valence-corrected chi connectivity index (χ3v) is 9.92. The summed E-state index contributed by atoms with van der Waals surface area (Å²) < 4.78 is 64.9. The van der Waals surface area contributed by atoms with Crippen LogP contribution in [0.25, 0.3) is 11.1 Å². The summed E-state index contributed by atoms with van der Waals surface area (Å²) >= 11 is 0. The number of amides is 1. The Morgan fingerprint density at radius 1 is 0.788 bits per heavy atom. The molecule has 4 aromatic rings. The van der Waals surface area contributed by atoms with Gasteiger partial charge in [0.15, 0.2) is 5.78 Å². The second kappa shape index (κ2) is 15.2. The molecule has 6 nitrogen and oxygen atoms in total. The van der Waals surface area contributed by atoms with Crippen molar-refractivity contribution in [2.24, 2.45) is 0 Å². The van der Waals surface area contributed by atoms with Crippen LogP contribution in [0.15, 0.2) is 60.9 Å². The molecule has 2 N–H and O–H groups in total. The van der Waals surface area contributed by atoms with Gasteiger partial charge < -0.3 is 10.6 Å². The van der Waals surface area contributed by atoms with Gasteiger partial charge in [0.1, 0.15) is 11.4 Å². The summed E-state index contributed by atoms with van der Waals surface area (Å²) in [5.41, 5.74) is 9.05. The summed E-state index contributed by atoms with van der Waals surface area (Å²) in [6.07, 6.45) is 2.35. The first-order valence-electron chi connectivity index (χ1n) is 17.8. The zero-order valence-corrected chi connectivity index (χ0v) is 29.6. The number of aromatic nitrogens is 2. The van der Waals surface area contributed by atoms with E-state index < -0.39 is 31.0 Å². The Bertz CT molecular complexity index is 1820. The van der Waals surface area contributed by atoms with Crippen LogP contribution in [-0.4, -0.2) is 40.3 Å². The van der Waals surface area contributed by atoms with Crippen molar-refractivity contribution in [1.29, 1.82) is 0 Å². The van der Waals surface area contributed by atoms with Crippen LogP contribution in [-0.2, 0) is 19.4 Å². The van der Waals surface area contributed by atoms with Crippen molar-refractivity contribution in [3.8, 4) is 11.1 Å². The zero-order valence-electron chi connectivity index (χ0n) is 29.6. The molecule has 0 radical (unpaired) electrons. The lowest BCUT2D eigenvalue weighted by Gasteiger charge is -2.17. The number of benzene rings is 2. The van der Waals surface area contributed by atoms with Crippen LogP contribution < -0.4 is 10.6 Å². The van der Waals surface area contributed by atoms with Crippen LogP contribution in [0.1, 0.15) is 117 Å². The summed E-state index contributed by atoms with van der Waals surface area (Å²) in [5.74, 6) is -2.81. The van der Waals surface area contributed by atoms with Gasteiger partial charge in [-0.2, -0.15) is 13.2 Å². The average Bonchev–Trinajstić information content (AvgIpc) is 4.00. The number of ketones is 1. The van der Waals surface area contributed by atoms with Crippen LogP contribution in [0.3, 0.4) is 0 Å². The first-order valence-corrected chi connectivity index (χ1v) is 17.8. The standard InChI is InChI=1S/C41H43F5N4O2/c1-24-28(17-38(51)36-18-34(27-14-15-27)30(22-48-36)20-47-23-40(3,42)43)7-4-9-31(24)32-10-5-11-35(25(32)2)50-39(52)37-19-33(26-12-13-26)29(21-49-37)8-6-16-41(44,45)46/h4-5,7,9-11,18-19,21-22,26-27,47H,6,8,12-17,20,23H2,1-3H3,(H,50,52). The third-order valence-electron chi connectivity index (χ3n) is 9.92. The topological polar surface area (TPSA) is 84.0 Å². The smallest absolute Gasteiger partial charge is 0.320 e. The summed E-state index contributed by atoms with van der Waals surface area (Å²) in [5, 5.41) is 5.78. The van der Waals surface area contributed by atoms with E-state index in [1.54, 1.807) is 18.5 Å². The SMILES string of the molecule is Cc1c(CC(=O)c2cc(C3CC3)c(CNCC(C)(F)F)cn2)cccc1-c1cccc(NC(=O)c2cc(C3CC3)c(CCCC(F)(F)F)cn2)c1C. The molecule has 0 unspecified atom stereocenters. The van der Waals surface area contributed by atoms with Gasteiger partial charge >= 0.3 is 6.18 Å². The molecule has 0 bridgehead atoms. The van der Waals surface area contributed by atoms with E-state index in [1.165, 1.54) is 0 Å². The number of Topliss-reactive ketones (excluding diaryl/α,β-unsaturated/α-hetero) is 1. The number of halogens is 5. The highest BCUT2D eigenvalue weighted by molar-refractivity contribution is 6.04. The van der Waals surface area contributed by atoms with Gasteiger partial charge in [-0.3, -0.25) is 19.6 Å². The van der Waals surface area contributed by atoms with Crippen molar-refractivity contribution >= 4 is 17.4 Å². The van der Waals surface area contributed by atoms with Crippen molar-refractivity contribution in [3.05, 3.63) is 111 Å². The van der Waals surface area contributed by atoms with E-state index in [-0.39, 0.29) is 43.2 Å². The molecule has 0 aliphatic heterocycles. The predicted octanol–water partition coefficient (Wildman–Crippen LogP) is 9.82. The molecule has 11 heteroatoms. The number of hydrogen-bond donors (Lipinski definition) is 2. The minimum Gasteiger partial charge on any atom is -0.320 e. The van der Waals surface area contributed by atoms with E-state index in [4.69, 9.17) is 0 Å². The normalized spacial score (nSPS) is 14.8. The van der Waals surface area contributed by atoms with Crippen molar-refractivity contribution in [3.63, 3.8) is 0 Å². The van der Waals surface area contributed by atoms with Crippen molar-refractivity contribution in [1.82, 2.24) is 15.3 Å². The van der Waals surface area contributed by atoms with Gasteiger partial charge in [0.25, 0.3) is 11.8 Å². The summed E-state index contributed by atoms with van der Waals surface area (Å²) in [6, 6.07) is 15.0. The molecule has 2 aliphatic carbocycles. The van der Waals surface area contributed by atoms with Gasteiger partial charge in [-0.15, -0.1) is 0 Å². The quantitative estimate of drug-likeness (QED) is 0.0945. The number of anilines is 1. The molecular weight excluding hydrogens is 675 g/mol. The maximum atomic E-state index is 13.5. The molecule has 1 amide bonds. The number of nitrogens with one attached hydrogen (secondary N) is 2. The average molecular weight is 719 g/mol. The van der Waals surface area contributed by atoms with Gasteiger partial charge in [-0.1, -0.05) is 30.3 Å². The Labute approximate surface area is 300 Å².